The fourth-order valence-electron chi connectivity index (χ4n) is 0.882. The Hall–Kier alpha value is -1.62. The smallest absolute Gasteiger partial charge is 0.330 e. The molecule has 6 heteroatoms. The Labute approximate surface area is 91.9 Å². The number of ether oxygens (including phenoxy) is 1. The number of hydrogen-bond acceptors (Lipinski definition) is 5. The zero-order valence-corrected chi connectivity index (χ0v) is 8.86. The number of nitrogen functional groups attached to an aromatic ring is 1. The molecule has 15 heavy (non-hydrogen) atoms. The molecule has 1 heterocycles. The van der Waals surface area contributed by atoms with E-state index in [0.29, 0.717) is 12.2 Å². The maximum atomic E-state index is 11.0. The molecule has 0 atom stereocenters. The number of aromatic nitrogens is 2. The summed E-state index contributed by atoms with van der Waals surface area (Å²) >= 11 is 5.76. The zero-order valence-electron chi connectivity index (χ0n) is 8.11. The molecule has 1 aromatic heterocycles. The highest BCUT2D eigenvalue weighted by Crippen LogP contribution is 2.18. The molecule has 0 aliphatic heterocycles. The van der Waals surface area contributed by atoms with Crippen LogP contribution in [0.5, 0.6) is 0 Å². The number of nitrogens with two attached hydrogens (primary N) is 1. The summed E-state index contributed by atoms with van der Waals surface area (Å²) in [5.74, 6) is -0.243. The molecule has 0 aliphatic rings. The van der Waals surface area contributed by atoms with Crippen LogP contribution in [0.15, 0.2) is 12.4 Å². The van der Waals surface area contributed by atoms with Gasteiger partial charge >= 0.3 is 5.97 Å². The van der Waals surface area contributed by atoms with Crippen LogP contribution in [0.4, 0.5) is 5.82 Å². The summed E-state index contributed by atoms with van der Waals surface area (Å²) in [6.45, 7) is 2.04. The molecule has 0 saturated carbocycles. The molecule has 0 fully saturated rings. The number of halogens is 1. The molecule has 1 rings (SSSR count). The van der Waals surface area contributed by atoms with E-state index in [1.807, 2.05) is 0 Å². The predicted molar refractivity (Wildman–Crippen MR) is 57.1 cm³/mol. The van der Waals surface area contributed by atoms with Crippen LogP contribution < -0.4 is 5.73 Å². The van der Waals surface area contributed by atoms with Gasteiger partial charge in [-0.15, -0.1) is 0 Å². The van der Waals surface area contributed by atoms with Gasteiger partial charge in [0, 0.05) is 6.08 Å². The molecule has 0 saturated heterocycles. The van der Waals surface area contributed by atoms with Crippen LogP contribution >= 0.6 is 11.6 Å². The minimum absolute atomic E-state index is 0.197. The molecule has 0 aromatic carbocycles. The molecule has 0 amide bonds. The average molecular weight is 228 g/mol. The molecular weight excluding hydrogens is 218 g/mol. The van der Waals surface area contributed by atoms with Crippen molar-refractivity contribution in [2.45, 2.75) is 6.92 Å². The van der Waals surface area contributed by atoms with E-state index in [1.54, 1.807) is 6.92 Å². The van der Waals surface area contributed by atoms with Crippen molar-refractivity contribution < 1.29 is 9.53 Å². The van der Waals surface area contributed by atoms with E-state index >= 15 is 0 Å². The summed E-state index contributed by atoms with van der Waals surface area (Å²) in [5, 5.41) is 0.197. The minimum Gasteiger partial charge on any atom is -0.463 e. The Morgan fingerprint density at radius 1 is 1.67 bits per heavy atom. The van der Waals surface area contributed by atoms with E-state index in [2.05, 4.69) is 9.97 Å². The van der Waals surface area contributed by atoms with Crippen molar-refractivity contribution >= 4 is 29.5 Å². The van der Waals surface area contributed by atoms with Gasteiger partial charge in [0.15, 0.2) is 0 Å². The molecule has 0 bridgehead atoms. The number of rotatable bonds is 3. The summed E-state index contributed by atoms with van der Waals surface area (Å²) in [4.78, 5) is 18.5. The summed E-state index contributed by atoms with van der Waals surface area (Å²) < 4.78 is 4.69. The topological polar surface area (TPSA) is 78.1 Å². The summed E-state index contributed by atoms with van der Waals surface area (Å²) in [6, 6.07) is 0. The second kappa shape index (κ2) is 5.31. The molecule has 0 spiro atoms. The lowest BCUT2D eigenvalue weighted by Crippen LogP contribution is -2.00. The maximum Gasteiger partial charge on any atom is 0.330 e. The SMILES string of the molecule is CCOC(=O)C=Cc1c(N)ncnc1Cl. The van der Waals surface area contributed by atoms with Gasteiger partial charge in [-0.25, -0.2) is 14.8 Å². The van der Waals surface area contributed by atoms with E-state index in [4.69, 9.17) is 22.1 Å². The molecule has 80 valence electrons. The van der Waals surface area contributed by atoms with Crippen molar-refractivity contribution in [3.05, 3.63) is 23.1 Å². The van der Waals surface area contributed by atoms with Crippen LogP contribution in [-0.2, 0) is 9.53 Å². The van der Waals surface area contributed by atoms with Crippen LogP contribution in [0.2, 0.25) is 5.15 Å². The van der Waals surface area contributed by atoms with E-state index in [9.17, 15) is 4.79 Å². The molecule has 5 nitrogen and oxygen atoms in total. The van der Waals surface area contributed by atoms with Gasteiger partial charge in [0.1, 0.15) is 17.3 Å². The van der Waals surface area contributed by atoms with Crippen LogP contribution in [0.25, 0.3) is 6.08 Å². The number of hydrogen-bond donors (Lipinski definition) is 1. The van der Waals surface area contributed by atoms with Gasteiger partial charge in [-0.1, -0.05) is 11.6 Å². The van der Waals surface area contributed by atoms with Crippen molar-refractivity contribution in [2.75, 3.05) is 12.3 Å². The lowest BCUT2D eigenvalue weighted by Gasteiger charge is -2.00. The highest BCUT2D eigenvalue weighted by molar-refractivity contribution is 6.31. The third kappa shape index (κ3) is 3.21. The van der Waals surface area contributed by atoms with Gasteiger partial charge < -0.3 is 10.5 Å². The molecule has 1 aromatic rings. The van der Waals surface area contributed by atoms with E-state index in [-0.39, 0.29) is 11.0 Å². The Morgan fingerprint density at radius 2 is 2.40 bits per heavy atom. The van der Waals surface area contributed by atoms with E-state index in [1.165, 1.54) is 18.5 Å². The monoisotopic (exact) mass is 227 g/mol. The molecule has 0 aliphatic carbocycles. The summed E-state index contributed by atoms with van der Waals surface area (Å²) in [6.07, 6.45) is 3.90. The second-order valence-electron chi connectivity index (χ2n) is 2.55. The maximum absolute atomic E-state index is 11.0. The summed E-state index contributed by atoms with van der Waals surface area (Å²) in [7, 11) is 0. The zero-order chi connectivity index (χ0) is 11.3. The first kappa shape index (κ1) is 11.5. The van der Waals surface area contributed by atoms with Gasteiger partial charge in [0.05, 0.1) is 12.2 Å². The van der Waals surface area contributed by atoms with E-state index < -0.39 is 5.97 Å². The number of carbonyl (C=O) groups is 1. The Bertz CT molecular complexity index is 373. The average Bonchev–Trinajstić information content (AvgIpc) is 2.17. The van der Waals surface area contributed by atoms with Crippen molar-refractivity contribution in [3.63, 3.8) is 0 Å². The largest absolute Gasteiger partial charge is 0.463 e. The lowest BCUT2D eigenvalue weighted by atomic mass is 10.3. The molecule has 2 N–H and O–H groups in total. The number of nitrogens with zero attached hydrogens (tertiary/aromatic N) is 2. The fraction of sp³-hybridized carbons (Fsp3) is 0.222. The van der Waals surface area contributed by atoms with Crippen molar-refractivity contribution in [1.82, 2.24) is 9.97 Å². The Kier molecular flexibility index (Phi) is 4.05. The first-order chi connectivity index (χ1) is 7.15. The van der Waals surface area contributed by atoms with Crippen LogP contribution in [0.1, 0.15) is 12.5 Å². The van der Waals surface area contributed by atoms with Gasteiger partial charge in [0.2, 0.25) is 0 Å². The first-order valence-electron chi connectivity index (χ1n) is 4.26. The fourth-order valence-corrected chi connectivity index (χ4v) is 1.09. The van der Waals surface area contributed by atoms with Gasteiger partial charge in [-0.05, 0) is 13.0 Å². The van der Waals surface area contributed by atoms with Crippen LogP contribution in [-0.4, -0.2) is 22.5 Å². The molecule has 0 unspecified atom stereocenters. The normalized spacial score (nSPS) is 10.5. The molecular formula is C9H10ClN3O2. The third-order valence-electron chi connectivity index (χ3n) is 1.54. The summed E-state index contributed by atoms with van der Waals surface area (Å²) in [5.41, 5.74) is 5.95. The minimum atomic E-state index is -0.461. The standard InChI is InChI=1S/C9H10ClN3O2/c1-2-15-7(14)4-3-6-8(10)12-5-13-9(6)11/h3-5H,2H2,1H3,(H2,11,12,13). The Morgan fingerprint density at radius 3 is 3.00 bits per heavy atom. The second-order valence-corrected chi connectivity index (χ2v) is 2.91. The quantitative estimate of drug-likeness (QED) is 0.478. The third-order valence-corrected chi connectivity index (χ3v) is 1.84. The van der Waals surface area contributed by atoms with Gasteiger partial charge in [-0.2, -0.15) is 0 Å². The van der Waals surface area contributed by atoms with Crippen LogP contribution in [0.3, 0.4) is 0 Å². The Balaban J connectivity index is 2.84. The highest BCUT2D eigenvalue weighted by atomic mass is 35.5. The predicted octanol–water partition coefficient (Wildman–Crippen LogP) is 1.29. The van der Waals surface area contributed by atoms with Crippen molar-refractivity contribution in [2.24, 2.45) is 0 Å². The van der Waals surface area contributed by atoms with Gasteiger partial charge in [0.25, 0.3) is 0 Å². The van der Waals surface area contributed by atoms with E-state index in [0.717, 1.165) is 0 Å². The van der Waals surface area contributed by atoms with Crippen LogP contribution in [0, 0.1) is 0 Å². The lowest BCUT2D eigenvalue weighted by molar-refractivity contribution is -0.137. The van der Waals surface area contributed by atoms with Crippen molar-refractivity contribution in [1.29, 1.82) is 0 Å². The van der Waals surface area contributed by atoms with Gasteiger partial charge in [-0.3, -0.25) is 0 Å². The molecule has 0 radical (unpaired) electrons. The highest BCUT2D eigenvalue weighted by Gasteiger charge is 2.04. The number of esters is 1. The number of anilines is 1. The van der Waals surface area contributed by atoms with Crippen molar-refractivity contribution in [3.8, 4) is 0 Å². The first-order valence-corrected chi connectivity index (χ1v) is 4.63. The number of carbonyl (C=O) groups excluding carboxylic acids is 1.